The third-order valence-corrected chi connectivity index (χ3v) is 4.79. The number of nitrogens with zero attached hydrogens (tertiary/aromatic N) is 3. The van der Waals surface area contributed by atoms with Crippen molar-refractivity contribution >= 4 is 17.5 Å². The molecule has 0 atom stereocenters. The minimum Gasteiger partial charge on any atom is -0.497 e. The smallest absolute Gasteiger partial charge is 0.269 e. The molecule has 8 heteroatoms. The van der Waals surface area contributed by atoms with Gasteiger partial charge in [0.05, 0.1) is 25.5 Å². The number of carbonyl (C=O) groups is 2. The zero-order chi connectivity index (χ0) is 20.6. The minimum atomic E-state index is -0.240. The molecule has 1 aromatic carbocycles. The van der Waals surface area contributed by atoms with E-state index in [9.17, 15) is 9.59 Å². The van der Waals surface area contributed by atoms with E-state index in [0.717, 1.165) is 24.5 Å². The molecule has 0 unspecified atom stereocenters. The number of hydrogen-bond donors (Lipinski definition) is 1. The summed E-state index contributed by atoms with van der Waals surface area (Å²) in [6, 6.07) is 10.9. The van der Waals surface area contributed by atoms with E-state index in [0.29, 0.717) is 37.7 Å². The molecule has 1 fully saturated rings. The number of amides is 2. The summed E-state index contributed by atoms with van der Waals surface area (Å²) in [5.74, 6) is 1.34. The highest BCUT2D eigenvalue weighted by Crippen LogP contribution is 2.17. The quantitative estimate of drug-likeness (QED) is 0.713. The van der Waals surface area contributed by atoms with Crippen molar-refractivity contribution in [1.82, 2.24) is 15.2 Å². The lowest BCUT2D eigenvalue weighted by Gasteiger charge is -2.35. The molecule has 1 saturated heterocycles. The average Bonchev–Trinajstić information content (AvgIpc) is 2.77. The molecule has 1 aromatic heterocycles. The molecule has 2 amide bonds. The van der Waals surface area contributed by atoms with Gasteiger partial charge in [0, 0.05) is 33.1 Å². The maximum atomic E-state index is 12.2. The van der Waals surface area contributed by atoms with E-state index in [2.05, 4.69) is 15.2 Å². The zero-order valence-corrected chi connectivity index (χ0v) is 16.8. The number of anilines is 1. The Morgan fingerprint density at radius 1 is 1.03 bits per heavy atom. The number of ether oxygens (including phenoxy) is 2. The molecule has 29 heavy (non-hydrogen) atoms. The van der Waals surface area contributed by atoms with Crippen LogP contribution < -0.4 is 19.7 Å². The Hall–Kier alpha value is -3.29. The lowest BCUT2D eigenvalue weighted by Crippen LogP contribution is -2.48. The number of hydrogen-bond acceptors (Lipinski definition) is 6. The first-order valence-corrected chi connectivity index (χ1v) is 9.58. The lowest BCUT2D eigenvalue weighted by molar-refractivity contribution is -0.129. The van der Waals surface area contributed by atoms with Crippen molar-refractivity contribution in [2.75, 3.05) is 51.3 Å². The largest absolute Gasteiger partial charge is 0.497 e. The first-order valence-electron chi connectivity index (χ1n) is 9.58. The summed E-state index contributed by atoms with van der Waals surface area (Å²) in [6.07, 6.45) is 1.70. The summed E-state index contributed by atoms with van der Waals surface area (Å²) in [5, 5.41) is 2.80. The summed E-state index contributed by atoms with van der Waals surface area (Å²) >= 11 is 0. The molecule has 8 nitrogen and oxygen atoms in total. The molecular weight excluding hydrogens is 372 g/mol. The van der Waals surface area contributed by atoms with Gasteiger partial charge >= 0.3 is 0 Å². The third kappa shape index (κ3) is 5.60. The van der Waals surface area contributed by atoms with Crippen LogP contribution in [0.4, 0.5) is 5.69 Å². The summed E-state index contributed by atoms with van der Waals surface area (Å²) < 4.78 is 10.7. The number of piperazine rings is 1. The maximum absolute atomic E-state index is 12.2. The van der Waals surface area contributed by atoms with Gasteiger partial charge in [-0.15, -0.1) is 0 Å². The van der Waals surface area contributed by atoms with Crippen molar-refractivity contribution in [2.24, 2.45) is 0 Å². The van der Waals surface area contributed by atoms with Crippen LogP contribution in [0, 0.1) is 0 Å². The molecule has 154 valence electrons. The number of carbonyl (C=O) groups excluding carboxylic acids is 2. The molecule has 0 aliphatic carbocycles. The predicted molar refractivity (Wildman–Crippen MR) is 110 cm³/mol. The number of methoxy groups -OCH3 is 1. The molecule has 1 aliphatic heterocycles. The number of aromatic nitrogens is 1. The molecular formula is C21H26N4O4. The van der Waals surface area contributed by atoms with Crippen LogP contribution in [-0.2, 0) is 4.79 Å². The van der Waals surface area contributed by atoms with E-state index in [1.165, 1.54) is 0 Å². The average molecular weight is 398 g/mol. The Kier molecular flexibility index (Phi) is 6.89. The van der Waals surface area contributed by atoms with E-state index in [1.54, 1.807) is 26.3 Å². The van der Waals surface area contributed by atoms with Crippen LogP contribution in [0.1, 0.15) is 17.4 Å². The fourth-order valence-corrected chi connectivity index (χ4v) is 3.08. The topological polar surface area (TPSA) is 84.0 Å². The van der Waals surface area contributed by atoms with Crippen molar-refractivity contribution in [3.8, 4) is 11.5 Å². The molecule has 0 saturated carbocycles. The van der Waals surface area contributed by atoms with E-state index in [-0.39, 0.29) is 11.8 Å². The standard InChI is InChI=1S/C21H26N4O4/c1-16(26)24-10-12-25(13-11-24)17-3-8-20(23-15-17)21(27)22-9-14-29-19-6-4-18(28-2)5-7-19/h3-8,15H,9-14H2,1-2H3,(H,22,27). The van der Waals surface area contributed by atoms with Crippen molar-refractivity contribution < 1.29 is 19.1 Å². The highest BCUT2D eigenvalue weighted by Gasteiger charge is 2.19. The van der Waals surface area contributed by atoms with Gasteiger partial charge in [-0.2, -0.15) is 0 Å². The van der Waals surface area contributed by atoms with Crippen molar-refractivity contribution in [2.45, 2.75) is 6.92 Å². The van der Waals surface area contributed by atoms with Crippen LogP contribution in [0.25, 0.3) is 0 Å². The monoisotopic (exact) mass is 398 g/mol. The van der Waals surface area contributed by atoms with Crippen molar-refractivity contribution in [3.63, 3.8) is 0 Å². The van der Waals surface area contributed by atoms with Gasteiger partial charge in [-0.3, -0.25) is 9.59 Å². The SMILES string of the molecule is COc1ccc(OCCNC(=O)c2ccc(N3CCN(C(C)=O)CC3)cn2)cc1. The Labute approximate surface area is 170 Å². The van der Waals surface area contributed by atoms with Crippen LogP contribution in [0.3, 0.4) is 0 Å². The highest BCUT2D eigenvalue weighted by molar-refractivity contribution is 5.92. The van der Waals surface area contributed by atoms with Crippen LogP contribution >= 0.6 is 0 Å². The second-order valence-electron chi connectivity index (χ2n) is 6.67. The summed E-state index contributed by atoms with van der Waals surface area (Å²) in [4.78, 5) is 31.9. The van der Waals surface area contributed by atoms with Gasteiger partial charge in [-0.1, -0.05) is 0 Å². The van der Waals surface area contributed by atoms with Gasteiger partial charge in [0.2, 0.25) is 5.91 Å². The van der Waals surface area contributed by atoms with Crippen LogP contribution in [0.15, 0.2) is 42.6 Å². The molecule has 2 aromatic rings. The van der Waals surface area contributed by atoms with Gasteiger partial charge in [0.25, 0.3) is 5.91 Å². The van der Waals surface area contributed by atoms with Crippen LogP contribution in [-0.4, -0.2) is 68.1 Å². The van der Waals surface area contributed by atoms with Crippen LogP contribution in [0.5, 0.6) is 11.5 Å². The second kappa shape index (κ2) is 9.77. The van der Waals surface area contributed by atoms with Crippen LogP contribution in [0.2, 0.25) is 0 Å². The third-order valence-electron chi connectivity index (χ3n) is 4.79. The molecule has 1 N–H and O–H groups in total. The molecule has 1 aliphatic rings. The molecule has 0 radical (unpaired) electrons. The van der Waals surface area contributed by atoms with Crippen molar-refractivity contribution in [1.29, 1.82) is 0 Å². The number of benzene rings is 1. The van der Waals surface area contributed by atoms with E-state index in [4.69, 9.17) is 9.47 Å². The van der Waals surface area contributed by atoms with Gasteiger partial charge in [-0.25, -0.2) is 4.98 Å². The lowest BCUT2D eigenvalue weighted by atomic mass is 10.2. The summed E-state index contributed by atoms with van der Waals surface area (Å²) in [5.41, 5.74) is 1.31. The van der Waals surface area contributed by atoms with Gasteiger partial charge in [0.15, 0.2) is 0 Å². The molecule has 0 spiro atoms. The predicted octanol–water partition coefficient (Wildman–Crippen LogP) is 1.57. The second-order valence-corrected chi connectivity index (χ2v) is 6.67. The number of nitrogens with one attached hydrogen (secondary N) is 1. The number of pyridine rings is 1. The van der Waals surface area contributed by atoms with Gasteiger partial charge < -0.3 is 24.6 Å². The molecule has 0 bridgehead atoms. The fraction of sp³-hybridized carbons (Fsp3) is 0.381. The summed E-state index contributed by atoms with van der Waals surface area (Å²) in [6.45, 7) is 5.24. The first-order chi connectivity index (χ1) is 14.1. The molecule has 3 rings (SSSR count). The highest BCUT2D eigenvalue weighted by atomic mass is 16.5. The normalized spacial score (nSPS) is 13.7. The minimum absolute atomic E-state index is 0.103. The maximum Gasteiger partial charge on any atom is 0.269 e. The van der Waals surface area contributed by atoms with Gasteiger partial charge in [-0.05, 0) is 36.4 Å². The fourth-order valence-electron chi connectivity index (χ4n) is 3.08. The zero-order valence-electron chi connectivity index (χ0n) is 16.8. The first kappa shape index (κ1) is 20.4. The van der Waals surface area contributed by atoms with Gasteiger partial charge in [0.1, 0.15) is 23.8 Å². The molecule has 2 heterocycles. The number of rotatable bonds is 7. The summed E-state index contributed by atoms with van der Waals surface area (Å²) in [7, 11) is 1.61. The van der Waals surface area contributed by atoms with E-state index >= 15 is 0 Å². The van der Waals surface area contributed by atoms with E-state index in [1.807, 2.05) is 35.2 Å². The van der Waals surface area contributed by atoms with E-state index < -0.39 is 0 Å². The Morgan fingerprint density at radius 3 is 2.31 bits per heavy atom. The Morgan fingerprint density at radius 2 is 1.72 bits per heavy atom. The van der Waals surface area contributed by atoms with Crippen molar-refractivity contribution in [3.05, 3.63) is 48.3 Å². The Balaban J connectivity index is 1.42. The Bertz CT molecular complexity index is 816.